The first kappa shape index (κ1) is 13.5. The molecule has 6 nitrogen and oxygen atoms in total. The smallest absolute Gasteiger partial charge is 0.314 e. The molecule has 1 aromatic rings. The molecule has 6 heteroatoms. The second-order valence-electron chi connectivity index (χ2n) is 5.72. The van der Waals surface area contributed by atoms with Gasteiger partial charge in [-0.2, -0.15) is 5.10 Å². The van der Waals surface area contributed by atoms with Crippen LogP contribution in [0.15, 0.2) is 0 Å². The molecule has 0 saturated carbocycles. The van der Waals surface area contributed by atoms with E-state index in [0.29, 0.717) is 12.2 Å². The van der Waals surface area contributed by atoms with Gasteiger partial charge in [-0.15, -0.1) is 0 Å². The number of likely N-dealkylation sites (tertiary alicyclic amines) is 1. The molecule has 2 aliphatic rings. The van der Waals surface area contributed by atoms with E-state index >= 15 is 0 Å². The zero-order chi connectivity index (χ0) is 14.1. The van der Waals surface area contributed by atoms with Crippen molar-refractivity contribution in [1.29, 1.82) is 0 Å². The average Bonchev–Trinajstić information content (AvgIpc) is 2.90. The monoisotopic (exact) mass is 278 g/mol. The third-order valence-electron chi connectivity index (χ3n) is 4.51. The molecule has 0 spiro atoms. The van der Waals surface area contributed by atoms with Gasteiger partial charge in [-0.25, -0.2) is 9.67 Å². The number of piperidine rings is 1. The molecule has 1 aromatic heterocycles. The highest BCUT2D eigenvalue weighted by molar-refractivity contribution is 5.75. The third kappa shape index (κ3) is 2.32. The minimum absolute atomic E-state index is 0.265. The van der Waals surface area contributed by atoms with E-state index in [0.717, 1.165) is 38.3 Å². The summed E-state index contributed by atoms with van der Waals surface area (Å²) in [5.74, 6) is 0.222. The largest absolute Gasteiger partial charge is 0.481 e. The van der Waals surface area contributed by atoms with Crippen molar-refractivity contribution >= 4 is 5.97 Å². The zero-order valence-corrected chi connectivity index (χ0v) is 12.0. The van der Waals surface area contributed by atoms with Crippen molar-refractivity contribution in [3.8, 4) is 0 Å². The zero-order valence-electron chi connectivity index (χ0n) is 12.0. The number of aryl methyl sites for hydroxylation is 1. The van der Waals surface area contributed by atoms with Gasteiger partial charge in [-0.05, 0) is 38.8 Å². The number of rotatable bonds is 3. The number of hydrogen-bond donors (Lipinski definition) is 1. The topological polar surface area (TPSA) is 71.2 Å². The van der Waals surface area contributed by atoms with Crippen molar-refractivity contribution in [2.24, 2.45) is 0 Å². The van der Waals surface area contributed by atoms with Crippen molar-refractivity contribution < 1.29 is 9.90 Å². The molecule has 2 aliphatic heterocycles. The number of aromatic nitrogens is 3. The molecular formula is C14H22N4O2. The molecule has 0 bridgehead atoms. The fourth-order valence-electron chi connectivity index (χ4n) is 3.41. The Kier molecular flexibility index (Phi) is 3.74. The summed E-state index contributed by atoms with van der Waals surface area (Å²) in [6, 6.07) is 0.265. The highest BCUT2D eigenvalue weighted by Gasteiger charge is 2.33. The van der Waals surface area contributed by atoms with Crippen LogP contribution in [0.5, 0.6) is 0 Å². The fourth-order valence-corrected chi connectivity index (χ4v) is 3.41. The highest BCUT2D eigenvalue weighted by atomic mass is 16.4. The summed E-state index contributed by atoms with van der Waals surface area (Å²) in [5.41, 5.74) is 0. The summed E-state index contributed by atoms with van der Waals surface area (Å²) in [6.45, 7) is 5.05. The molecule has 1 N–H and O–H groups in total. The van der Waals surface area contributed by atoms with Crippen LogP contribution < -0.4 is 0 Å². The summed E-state index contributed by atoms with van der Waals surface area (Å²) in [5, 5.41) is 13.9. The lowest BCUT2D eigenvalue weighted by atomic mass is 9.99. The van der Waals surface area contributed by atoms with Gasteiger partial charge < -0.3 is 5.11 Å². The second-order valence-corrected chi connectivity index (χ2v) is 5.72. The fraction of sp³-hybridized carbons (Fsp3) is 0.786. The van der Waals surface area contributed by atoms with Crippen LogP contribution >= 0.6 is 0 Å². The average molecular weight is 278 g/mol. The van der Waals surface area contributed by atoms with Crippen LogP contribution in [-0.4, -0.2) is 43.8 Å². The van der Waals surface area contributed by atoms with E-state index in [9.17, 15) is 9.90 Å². The van der Waals surface area contributed by atoms with E-state index in [4.69, 9.17) is 0 Å². The molecule has 20 heavy (non-hydrogen) atoms. The summed E-state index contributed by atoms with van der Waals surface area (Å²) in [4.78, 5) is 18.3. The van der Waals surface area contributed by atoms with Crippen LogP contribution in [0, 0.1) is 0 Å². The third-order valence-corrected chi connectivity index (χ3v) is 4.51. The lowest BCUT2D eigenvalue weighted by Crippen LogP contribution is -2.33. The Morgan fingerprint density at radius 3 is 2.90 bits per heavy atom. The minimum Gasteiger partial charge on any atom is -0.481 e. The van der Waals surface area contributed by atoms with E-state index in [1.807, 2.05) is 4.68 Å². The molecule has 3 heterocycles. The Morgan fingerprint density at radius 1 is 1.30 bits per heavy atom. The lowest BCUT2D eigenvalue weighted by molar-refractivity contribution is -0.139. The van der Waals surface area contributed by atoms with Crippen molar-refractivity contribution in [2.45, 2.75) is 57.5 Å². The van der Waals surface area contributed by atoms with E-state index in [1.165, 1.54) is 12.8 Å². The van der Waals surface area contributed by atoms with Gasteiger partial charge in [0, 0.05) is 6.54 Å². The maximum atomic E-state index is 11.3. The molecule has 110 valence electrons. The Labute approximate surface area is 118 Å². The predicted molar refractivity (Wildman–Crippen MR) is 73.5 cm³/mol. The predicted octanol–water partition coefficient (Wildman–Crippen LogP) is 1.79. The first-order chi connectivity index (χ1) is 9.70. The number of hydrogen-bond acceptors (Lipinski definition) is 4. The molecule has 0 radical (unpaired) electrons. The van der Waals surface area contributed by atoms with E-state index < -0.39 is 11.9 Å². The van der Waals surface area contributed by atoms with E-state index in [2.05, 4.69) is 21.9 Å². The quantitative estimate of drug-likeness (QED) is 0.912. The van der Waals surface area contributed by atoms with Crippen LogP contribution in [0.3, 0.4) is 0 Å². The van der Waals surface area contributed by atoms with Gasteiger partial charge in [0.05, 0.1) is 6.04 Å². The van der Waals surface area contributed by atoms with Gasteiger partial charge in [-0.1, -0.05) is 13.3 Å². The van der Waals surface area contributed by atoms with Gasteiger partial charge in [0.2, 0.25) is 0 Å². The number of carboxylic acid groups (broad SMARTS) is 1. The van der Waals surface area contributed by atoms with Crippen molar-refractivity contribution in [2.75, 3.05) is 13.1 Å². The summed E-state index contributed by atoms with van der Waals surface area (Å²) in [7, 11) is 0. The Hall–Kier alpha value is -1.43. The van der Waals surface area contributed by atoms with E-state index in [1.54, 1.807) is 0 Å². The number of carbonyl (C=O) groups is 1. The van der Waals surface area contributed by atoms with Gasteiger partial charge in [-0.3, -0.25) is 9.69 Å². The maximum Gasteiger partial charge on any atom is 0.314 e. The minimum atomic E-state index is -0.777. The van der Waals surface area contributed by atoms with Gasteiger partial charge >= 0.3 is 5.97 Å². The van der Waals surface area contributed by atoms with E-state index in [-0.39, 0.29) is 6.04 Å². The number of aliphatic carboxylic acids is 1. The Bertz CT molecular complexity index is 499. The number of nitrogens with zero attached hydrogens (tertiary/aromatic N) is 4. The van der Waals surface area contributed by atoms with Gasteiger partial charge in [0.1, 0.15) is 11.7 Å². The van der Waals surface area contributed by atoms with Crippen molar-refractivity contribution in [3.05, 3.63) is 11.6 Å². The lowest BCUT2D eigenvalue weighted by Gasteiger charge is -2.32. The van der Waals surface area contributed by atoms with Crippen LogP contribution in [0.4, 0.5) is 0 Å². The summed E-state index contributed by atoms with van der Waals surface area (Å²) in [6.07, 6.45) is 5.06. The molecule has 0 aromatic carbocycles. The SMILES string of the molecule is CCN1CCCCC1c1nc2n(n1)CCCC2C(=O)O. The maximum absolute atomic E-state index is 11.3. The Morgan fingerprint density at radius 2 is 2.15 bits per heavy atom. The summed E-state index contributed by atoms with van der Waals surface area (Å²) < 4.78 is 1.82. The molecule has 0 aliphatic carbocycles. The molecule has 2 atom stereocenters. The molecule has 2 unspecified atom stereocenters. The summed E-state index contributed by atoms with van der Waals surface area (Å²) >= 11 is 0. The van der Waals surface area contributed by atoms with Crippen LogP contribution in [-0.2, 0) is 11.3 Å². The molecule has 1 saturated heterocycles. The molecule has 3 rings (SSSR count). The number of fused-ring (bicyclic) bond motifs is 1. The first-order valence-corrected chi connectivity index (χ1v) is 7.62. The van der Waals surface area contributed by atoms with Crippen molar-refractivity contribution in [3.63, 3.8) is 0 Å². The Balaban J connectivity index is 1.90. The van der Waals surface area contributed by atoms with Crippen LogP contribution in [0.25, 0.3) is 0 Å². The molecular weight excluding hydrogens is 256 g/mol. The second kappa shape index (κ2) is 5.52. The van der Waals surface area contributed by atoms with Crippen LogP contribution in [0.2, 0.25) is 0 Å². The standard InChI is InChI=1S/C14H22N4O2/c1-2-17-8-4-3-7-11(17)12-15-13-10(14(19)20)6-5-9-18(13)16-12/h10-11H,2-9H2,1H3,(H,19,20). The number of carboxylic acids is 1. The molecule has 0 amide bonds. The first-order valence-electron chi connectivity index (χ1n) is 7.62. The van der Waals surface area contributed by atoms with Gasteiger partial charge in [0.15, 0.2) is 5.82 Å². The van der Waals surface area contributed by atoms with Crippen molar-refractivity contribution in [1.82, 2.24) is 19.7 Å². The normalized spacial score (nSPS) is 27.2. The highest BCUT2D eigenvalue weighted by Crippen LogP contribution is 2.32. The van der Waals surface area contributed by atoms with Gasteiger partial charge in [0.25, 0.3) is 0 Å². The molecule has 1 fully saturated rings. The van der Waals surface area contributed by atoms with Crippen LogP contribution in [0.1, 0.15) is 62.6 Å².